The molecule has 3 N–H and O–H groups in total. The number of benzene rings is 2. The topological polar surface area (TPSA) is 119 Å². The van der Waals surface area contributed by atoms with Crippen molar-refractivity contribution in [2.75, 3.05) is 11.9 Å². The monoisotopic (exact) mass is 515 g/mol. The van der Waals surface area contributed by atoms with E-state index < -0.39 is 56.2 Å². The van der Waals surface area contributed by atoms with Crippen LogP contribution in [0.25, 0.3) is 11.1 Å². The number of halogens is 3. The number of primary sulfonamides is 1. The lowest BCUT2D eigenvalue weighted by Crippen LogP contribution is -2.45. The number of sulfonamides is 1. The van der Waals surface area contributed by atoms with E-state index in [0.717, 1.165) is 17.0 Å². The summed E-state index contributed by atoms with van der Waals surface area (Å²) in [5.41, 5.74) is -1.45. The third kappa shape index (κ3) is 5.83. The van der Waals surface area contributed by atoms with Crippen LogP contribution >= 0.6 is 11.6 Å². The molecule has 1 aliphatic rings. The molecule has 12 heteroatoms. The molecule has 2 amide bonds. The zero-order valence-corrected chi connectivity index (χ0v) is 20.2. The Bertz CT molecular complexity index is 1230. The van der Waals surface area contributed by atoms with Crippen LogP contribution < -0.4 is 10.5 Å². The highest BCUT2D eigenvalue weighted by molar-refractivity contribution is 7.89. The van der Waals surface area contributed by atoms with Crippen molar-refractivity contribution in [1.29, 1.82) is 0 Å². The molecule has 1 heterocycles. The Morgan fingerprint density at radius 1 is 1.21 bits per heavy atom. The number of nitrogens with one attached hydrogen (secondary N) is 1. The minimum absolute atomic E-state index is 0.136. The SMILES string of the molecule is CC(C)(C)OC(=O)N1C[C@H](F)C[C@H]1C(=O)Nc1cc(S(N)(=O)=O)cc(-c2ccccc2Cl)c1F. The predicted molar refractivity (Wildman–Crippen MR) is 123 cm³/mol. The van der Waals surface area contributed by atoms with Gasteiger partial charge in [0, 0.05) is 22.6 Å². The highest BCUT2D eigenvalue weighted by Crippen LogP contribution is 2.35. The Kier molecular flexibility index (Phi) is 7.20. The maximum Gasteiger partial charge on any atom is 0.411 e. The molecule has 3 rings (SSSR count). The van der Waals surface area contributed by atoms with Crippen LogP contribution in [0.3, 0.4) is 0 Å². The number of hydrogen-bond donors (Lipinski definition) is 2. The maximum atomic E-state index is 15.4. The molecule has 1 saturated heterocycles. The van der Waals surface area contributed by atoms with Crippen molar-refractivity contribution in [3.05, 3.63) is 47.2 Å². The zero-order chi connectivity index (χ0) is 25.4. The predicted octanol–water partition coefficient (Wildman–Crippen LogP) is 4.08. The molecule has 1 fully saturated rings. The molecule has 0 radical (unpaired) electrons. The van der Waals surface area contributed by atoms with E-state index in [2.05, 4.69) is 5.32 Å². The van der Waals surface area contributed by atoms with Gasteiger partial charge < -0.3 is 10.1 Å². The Morgan fingerprint density at radius 2 is 1.85 bits per heavy atom. The number of nitrogens with zero attached hydrogens (tertiary/aromatic N) is 1. The van der Waals surface area contributed by atoms with Crippen LogP contribution in [0.15, 0.2) is 41.3 Å². The first-order valence-electron chi connectivity index (χ1n) is 10.2. The number of carbonyl (C=O) groups is 2. The molecular formula is C22H24ClF2N3O5S. The molecule has 0 aliphatic carbocycles. The Morgan fingerprint density at radius 3 is 2.44 bits per heavy atom. The summed E-state index contributed by atoms with van der Waals surface area (Å²) in [6, 6.07) is 6.68. The average molecular weight is 516 g/mol. The fourth-order valence-corrected chi connectivity index (χ4v) is 4.30. The third-order valence-corrected chi connectivity index (χ3v) is 6.20. The standard InChI is InChI=1S/C22H24ClF2N3O5S/c1-22(2,3)33-21(30)28-11-12(24)8-18(28)20(29)27-17-10-13(34(26,31)32)9-15(19(17)25)14-6-4-5-7-16(14)23/h4-7,9-10,12,18H,8,11H2,1-3H3,(H,27,29)(H2,26,31,32)/t12-,18+/m1/s1. The number of nitrogens with two attached hydrogens (primary N) is 1. The molecule has 8 nitrogen and oxygen atoms in total. The summed E-state index contributed by atoms with van der Waals surface area (Å²) in [5.74, 6) is -1.89. The molecule has 0 aromatic heterocycles. The fraction of sp³-hybridized carbons (Fsp3) is 0.364. The first-order chi connectivity index (χ1) is 15.7. The molecule has 2 aromatic carbocycles. The molecule has 2 atom stereocenters. The van der Waals surface area contributed by atoms with Gasteiger partial charge in [0.1, 0.15) is 17.8 Å². The summed E-state index contributed by atoms with van der Waals surface area (Å²) in [6.45, 7) is 4.48. The van der Waals surface area contributed by atoms with Crippen molar-refractivity contribution < 1.29 is 31.5 Å². The summed E-state index contributed by atoms with van der Waals surface area (Å²) >= 11 is 6.15. The van der Waals surface area contributed by atoms with E-state index in [1.165, 1.54) is 12.1 Å². The first kappa shape index (κ1) is 25.9. The van der Waals surface area contributed by atoms with Crippen LogP contribution in [0.4, 0.5) is 19.3 Å². The van der Waals surface area contributed by atoms with Gasteiger partial charge in [0.25, 0.3) is 0 Å². The number of likely N-dealkylation sites (tertiary alicyclic amines) is 1. The number of alkyl halides is 1. The third-order valence-electron chi connectivity index (χ3n) is 4.98. The van der Waals surface area contributed by atoms with Crippen molar-refractivity contribution in [2.24, 2.45) is 5.14 Å². The quantitative estimate of drug-likeness (QED) is 0.636. The summed E-state index contributed by atoms with van der Waals surface area (Å²) in [7, 11) is -4.30. The van der Waals surface area contributed by atoms with E-state index in [0.29, 0.717) is 0 Å². The second-order valence-electron chi connectivity index (χ2n) is 8.83. The summed E-state index contributed by atoms with van der Waals surface area (Å²) < 4.78 is 58.8. The molecule has 184 valence electrons. The summed E-state index contributed by atoms with van der Waals surface area (Å²) in [4.78, 5) is 25.9. The fourth-order valence-electron chi connectivity index (χ4n) is 3.50. The maximum absolute atomic E-state index is 15.4. The van der Waals surface area contributed by atoms with Gasteiger partial charge in [0.2, 0.25) is 15.9 Å². The van der Waals surface area contributed by atoms with Gasteiger partial charge in [-0.25, -0.2) is 27.1 Å². The zero-order valence-electron chi connectivity index (χ0n) is 18.6. The molecule has 2 aromatic rings. The van der Waals surface area contributed by atoms with E-state index in [1.54, 1.807) is 32.9 Å². The molecule has 34 heavy (non-hydrogen) atoms. The van der Waals surface area contributed by atoms with Gasteiger partial charge in [-0.15, -0.1) is 0 Å². The number of ether oxygens (including phenoxy) is 1. The van der Waals surface area contributed by atoms with Gasteiger partial charge in [-0.3, -0.25) is 9.69 Å². The summed E-state index contributed by atoms with van der Waals surface area (Å²) in [6.07, 6.45) is -2.73. The van der Waals surface area contributed by atoms with Crippen molar-refractivity contribution in [3.8, 4) is 11.1 Å². The number of anilines is 1. The summed E-state index contributed by atoms with van der Waals surface area (Å²) in [5, 5.41) is 7.64. The van der Waals surface area contributed by atoms with Crippen molar-refractivity contribution in [1.82, 2.24) is 4.90 Å². The number of hydrogen-bond acceptors (Lipinski definition) is 5. The van der Waals surface area contributed by atoms with E-state index >= 15 is 4.39 Å². The van der Waals surface area contributed by atoms with Gasteiger partial charge in [0.15, 0.2) is 5.82 Å². The van der Waals surface area contributed by atoms with Crippen molar-refractivity contribution in [3.63, 3.8) is 0 Å². The average Bonchev–Trinajstić information content (AvgIpc) is 3.10. The second kappa shape index (κ2) is 9.47. The van der Waals surface area contributed by atoms with Gasteiger partial charge in [-0.1, -0.05) is 29.8 Å². The van der Waals surface area contributed by atoms with E-state index in [9.17, 15) is 22.4 Å². The molecule has 0 saturated carbocycles. The highest BCUT2D eigenvalue weighted by atomic mass is 35.5. The number of amides is 2. The lowest BCUT2D eigenvalue weighted by Gasteiger charge is -2.27. The molecule has 0 spiro atoms. The lowest BCUT2D eigenvalue weighted by atomic mass is 10.0. The number of rotatable bonds is 4. The Hall–Kier alpha value is -2.76. The second-order valence-corrected chi connectivity index (χ2v) is 10.8. The van der Waals surface area contributed by atoms with Gasteiger partial charge in [-0.05, 0) is 39.0 Å². The van der Waals surface area contributed by atoms with E-state index in [1.807, 2.05) is 0 Å². The first-order valence-corrected chi connectivity index (χ1v) is 12.2. The van der Waals surface area contributed by atoms with Crippen LogP contribution in [0, 0.1) is 5.82 Å². The molecule has 0 bridgehead atoms. The normalized spacial score (nSPS) is 18.6. The van der Waals surface area contributed by atoms with Crippen LogP contribution in [-0.2, 0) is 19.6 Å². The van der Waals surface area contributed by atoms with Crippen LogP contribution in [0.1, 0.15) is 27.2 Å². The van der Waals surface area contributed by atoms with Crippen molar-refractivity contribution >= 4 is 39.3 Å². The van der Waals surface area contributed by atoms with Crippen LogP contribution in [0.5, 0.6) is 0 Å². The Labute approximate surface area is 201 Å². The largest absolute Gasteiger partial charge is 0.444 e. The highest BCUT2D eigenvalue weighted by Gasteiger charge is 2.42. The van der Waals surface area contributed by atoms with Crippen molar-refractivity contribution in [2.45, 2.75) is 49.9 Å². The van der Waals surface area contributed by atoms with Crippen LogP contribution in [0.2, 0.25) is 5.02 Å². The van der Waals surface area contributed by atoms with E-state index in [-0.39, 0.29) is 29.1 Å². The van der Waals surface area contributed by atoms with Gasteiger partial charge in [0.05, 0.1) is 17.1 Å². The Balaban J connectivity index is 2.00. The minimum atomic E-state index is -4.30. The van der Waals surface area contributed by atoms with Gasteiger partial charge >= 0.3 is 6.09 Å². The molecular weight excluding hydrogens is 492 g/mol. The number of carbonyl (C=O) groups excluding carboxylic acids is 2. The lowest BCUT2D eigenvalue weighted by molar-refractivity contribution is -0.120. The smallest absolute Gasteiger partial charge is 0.411 e. The molecule has 1 aliphatic heterocycles. The molecule has 0 unspecified atom stereocenters. The van der Waals surface area contributed by atoms with Crippen LogP contribution in [-0.4, -0.2) is 49.7 Å². The van der Waals surface area contributed by atoms with E-state index in [4.69, 9.17) is 21.5 Å². The van der Waals surface area contributed by atoms with Gasteiger partial charge in [-0.2, -0.15) is 0 Å². The minimum Gasteiger partial charge on any atom is -0.444 e.